The van der Waals surface area contributed by atoms with Gasteiger partial charge in [-0.1, -0.05) is 12.1 Å². The van der Waals surface area contributed by atoms with Crippen LogP contribution in [0.1, 0.15) is 11.1 Å². The van der Waals surface area contributed by atoms with Crippen LogP contribution >= 0.6 is 0 Å². The summed E-state index contributed by atoms with van der Waals surface area (Å²) in [4.78, 5) is 0. The SMILES string of the molecule is CNc1cc(CNc2cc(OC)c(OC)c(OC)c2)ccc1CO. The summed E-state index contributed by atoms with van der Waals surface area (Å²) >= 11 is 0. The van der Waals surface area contributed by atoms with E-state index in [9.17, 15) is 5.11 Å². The number of rotatable bonds is 8. The molecular weight excluding hydrogens is 308 g/mol. The predicted octanol–water partition coefficient (Wildman–Crippen LogP) is 2.86. The van der Waals surface area contributed by atoms with Crippen molar-refractivity contribution in [2.24, 2.45) is 0 Å². The third-order valence-electron chi connectivity index (χ3n) is 3.78. The summed E-state index contributed by atoms with van der Waals surface area (Å²) in [5.74, 6) is 1.77. The second-order valence-corrected chi connectivity index (χ2v) is 5.17. The zero-order chi connectivity index (χ0) is 17.5. The van der Waals surface area contributed by atoms with Gasteiger partial charge in [0, 0.05) is 42.7 Å². The largest absolute Gasteiger partial charge is 0.493 e. The lowest BCUT2D eigenvalue weighted by molar-refractivity contribution is 0.282. The average molecular weight is 332 g/mol. The molecule has 24 heavy (non-hydrogen) atoms. The highest BCUT2D eigenvalue weighted by molar-refractivity contribution is 5.63. The molecule has 0 aromatic heterocycles. The molecule has 0 aliphatic rings. The van der Waals surface area contributed by atoms with Crippen molar-refractivity contribution in [3.8, 4) is 17.2 Å². The maximum atomic E-state index is 9.32. The van der Waals surface area contributed by atoms with Gasteiger partial charge < -0.3 is 30.0 Å². The molecule has 0 heterocycles. The van der Waals surface area contributed by atoms with Crippen LogP contribution < -0.4 is 24.8 Å². The monoisotopic (exact) mass is 332 g/mol. The van der Waals surface area contributed by atoms with E-state index >= 15 is 0 Å². The maximum absolute atomic E-state index is 9.32. The molecule has 0 fully saturated rings. The normalized spacial score (nSPS) is 10.2. The van der Waals surface area contributed by atoms with Gasteiger partial charge in [0.2, 0.25) is 5.75 Å². The van der Waals surface area contributed by atoms with Crippen LogP contribution in [0.15, 0.2) is 30.3 Å². The van der Waals surface area contributed by atoms with Crippen LogP contribution in [-0.2, 0) is 13.2 Å². The number of methoxy groups -OCH3 is 3. The van der Waals surface area contributed by atoms with Gasteiger partial charge in [-0.2, -0.15) is 0 Å². The molecule has 2 rings (SSSR count). The predicted molar refractivity (Wildman–Crippen MR) is 95.3 cm³/mol. The minimum Gasteiger partial charge on any atom is -0.493 e. The van der Waals surface area contributed by atoms with Gasteiger partial charge in [-0.3, -0.25) is 0 Å². The molecule has 0 saturated carbocycles. The Morgan fingerprint density at radius 1 is 0.958 bits per heavy atom. The molecule has 2 aromatic rings. The van der Waals surface area contributed by atoms with Crippen LogP contribution in [0, 0.1) is 0 Å². The summed E-state index contributed by atoms with van der Waals surface area (Å²) < 4.78 is 16.0. The van der Waals surface area contributed by atoms with Crippen molar-refractivity contribution in [3.63, 3.8) is 0 Å². The second-order valence-electron chi connectivity index (χ2n) is 5.17. The first-order valence-electron chi connectivity index (χ1n) is 7.61. The third-order valence-corrected chi connectivity index (χ3v) is 3.78. The highest BCUT2D eigenvalue weighted by Crippen LogP contribution is 2.40. The molecular formula is C18H24N2O4. The van der Waals surface area contributed by atoms with Crippen LogP contribution in [-0.4, -0.2) is 33.5 Å². The number of nitrogens with one attached hydrogen (secondary N) is 2. The lowest BCUT2D eigenvalue weighted by Gasteiger charge is -2.15. The number of hydrogen-bond acceptors (Lipinski definition) is 6. The van der Waals surface area contributed by atoms with E-state index in [2.05, 4.69) is 10.6 Å². The van der Waals surface area contributed by atoms with Crippen LogP contribution in [0.5, 0.6) is 17.2 Å². The van der Waals surface area contributed by atoms with Gasteiger partial charge in [-0.25, -0.2) is 0 Å². The zero-order valence-electron chi connectivity index (χ0n) is 14.5. The number of anilines is 2. The molecule has 0 unspecified atom stereocenters. The lowest BCUT2D eigenvalue weighted by Crippen LogP contribution is -2.03. The van der Waals surface area contributed by atoms with Crippen molar-refractivity contribution in [2.45, 2.75) is 13.2 Å². The Morgan fingerprint density at radius 3 is 2.12 bits per heavy atom. The minimum absolute atomic E-state index is 0.0107. The summed E-state index contributed by atoms with van der Waals surface area (Å²) in [6.45, 7) is 0.635. The number of benzene rings is 2. The second kappa shape index (κ2) is 8.31. The van der Waals surface area contributed by atoms with Crippen molar-refractivity contribution < 1.29 is 19.3 Å². The van der Waals surface area contributed by atoms with E-state index in [1.165, 1.54) is 0 Å². The Balaban J connectivity index is 2.20. The van der Waals surface area contributed by atoms with E-state index in [-0.39, 0.29) is 6.61 Å². The van der Waals surface area contributed by atoms with E-state index < -0.39 is 0 Å². The molecule has 0 saturated heterocycles. The molecule has 3 N–H and O–H groups in total. The van der Waals surface area contributed by atoms with Crippen molar-refractivity contribution >= 4 is 11.4 Å². The molecule has 0 amide bonds. The van der Waals surface area contributed by atoms with Crippen molar-refractivity contribution in [2.75, 3.05) is 39.0 Å². The topological polar surface area (TPSA) is 72.0 Å². The summed E-state index contributed by atoms with van der Waals surface area (Å²) in [7, 11) is 6.60. The highest BCUT2D eigenvalue weighted by atomic mass is 16.5. The van der Waals surface area contributed by atoms with Crippen LogP contribution in [0.3, 0.4) is 0 Å². The summed E-state index contributed by atoms with van der Waals surface area (Å²) in [5.41, 5.74) is 3.74. The Kier molecular flexibility index (Phi) is 6.14. The minimum atomic E-state index is 0.0107. The van der Waals surface area contributed by atoms with Crippen molar-refractivity contribution in [1.82, 2.24) is 0 Å². The van der Waals surface area contributed by atoms with E-state index in [1.807, 2.05) is 37.4 Å². The van der Waals surface area contributed by atoms with Gasteiger partial charge in [0.25, 0.3) is 0 Å². The molecule has 0 atom stereocenters. The molecule has 6 heteroatoms. The molecule has 0 aliphatic carbocycles. The average Bonchev–Trinajstić information content (AvgIpc) is 2.64. The lowest BCUT2D eigenvalue weighted by atomic mass is 10.1. The molecule has 6 nitrogen and oxygen atoms in total. The number of aliphatic hydroxyl groups is 1. The Labute approximate surface area is 142 Å². The Bertz CT molecular complexity index is 664. The quantitative estimate of drug-likeness (QED) is 0.690. The summed E-state index contributed by atoms with van der Waals surface area (Å²) in [6, 6.07) is 9.64. The summed E-state index contributed by atoms with van der Waals surface area (Å²) in [5, 5.41) is 15.8. The van der Waals surface area contributed by atoms with Gasteiger partial charge in [-0.05, 0) is 11.6 Å². The smallest absolute Gasteiger partial charge is 0.203 e. The molecule has 0 aliphatic heterocycles. The standard InChI is InChI=1S/C18H24N2O4/c1-19-15-7-12(5-6-13(15)11-21)10-20-14-8-16(22-2)18(24-4)17(9-14)23-3/h5-9,19-21H,10-11H2,1-4H3. The molecule has 0 radical (unpaired) electrons. The van der Waals surface area contributed by atoms with Crippen LogP contribution in [0.4, 0.5) is 11.4 Å². The van der Waals surface area contributed by atoms with Crippen LogP contribution in [0.2, 0.25) is 0 Å². The van der Waals surface area contributed by atoms with Gasteiger partial charge in [-0.15, -0.1) is 0 Å². The Hall–Kier alpha value is -2.60. The molecule has 0 bridgehead atoms. The van der Waals surface area contributed by atoms with E-state index in [0.717, 1.165) is 22.5 Å². The maximum Gasteiger partial charge on any atom is 0.203 e. The summed E-state index contributed by atoms with van der Waals surface area (Å²) in [6.07, 6.45) is 0. The zero-order valence-corrected chi connectivity index (χ0v) is 14.5. The van der Waals surface area contributed by atoms with Crippen molar-refractivity contribution in [1.29, 1.82) is 0 Å². The van der Waals surface area contributed by atoms with E-state index in [0.29, 0.717) is 23.8 Å². The highest BCUT2D eigenvalue weighted by Gasteiger charge is 2.13. The van der Waals surface area contributed by atoms with E-state index in [1.54, 1.807) is 21.3 Å². The van der Waals surface area contributed by atoms with Gasteiger partial charge in [0.05, 0.1) is 27.9 Å². The van der Waals surface area contributed by atoms with Gasteiger partial charge in [0.15, 0.2) is 11.5 Å². The molecule has 130 valence electrons. The number of aliphatic hydroxyl groups excluding tert-OH is 1. The third kappa shape index (κ3) is 3.83. The molecule has 2 aromatic carbocycles. The van der Waals surface area contributed by atoms with Gasteiger partial charge in [0.1, 0.15) is 0 Å². The molecule has 0 spiro atoms. The first kappa shape index (κ1) is 17.7. The van der Waals surface area contributed by atoms with Crippen LogP contribution in [0.25, 0.3) is 0 Å². The van der Waals surface area contributed by atoms with E-state index in [4.69, 9.17) is 14.2 Å². The van der Waals surface area contributed by atoms with Crippen molar-refractivity contribution in [3.05, 3.63) is 41.5 Å². The first-order chi connectivity index (χ1) is 11.7. The fourth-order valence-corrected chi connectivity index (χ4v) is 2.49. The first-order valence-corrected chi connectivity index (χ1v) is 7.61. The fourth-order valence-electron chi connectivity index (χ4n) is 2.49. The number of hydrogen-bond donors (Lipinski definition) is 3. The van der Waals surface area contributed by atoms with Gasteiger partial charge >= 0.3 is 0 Å². The fraction of sp³-hybridized carbons (Fsp3) is 0.333. The number of ether oxygens (including phenoxy) is 3. The Morgan fingerprint density at radius 2 is 1.62 bits per heavy atom.